The topological polar surface area (TPSA) is 49.9 Å². The van der Waals surface area contributed by atoms with Gasteiger partial charge in [-0.05, 0) is 51.7 Å². The van der Waals surface area contributed by atoms with Crippen molar-refractivity contribution < 1.29 is 4.42 Å². The Hall–Kier alpha value is -5.48. The van der Waals surface area contributed by atoms with Crippen LogP contribution in [0.25, 0.3) is 43.8 Å². The number of rotatable bonds is 4. The molecule has 4 nitrogen and oxygen atoms in total. The van der Waals surface area contributed by atoms with Crippen LogP contribution in [0.1, 0.15) is 22.9 Å². The van der Waals surface area contributed by atoms with Gasteiger partial charge < -0.3 is 9.73 Å². The van der Waals surface area contributed by atoms with E-state index < -0.39 is 0 Å². The minimum Gasteiger partial charge on any atom is -0.456 e. The fraction of sp³-hybridized carbons (Fsp3) is 0.0270. The number of amidine groups is 2. The van der Waals surface area contributed by atoms with E-state index in [0.29, 0.717) is 5.84 Å². The zero-order valence-electron chi connectivity index (χ0n) is 22.2. The predicted molar refractivity (Wildman–Crippen MR) is 168 cm³/mol. The molecule has 1 unspecified atom stereocenters. The number of fused-ring (bicyclic) bond motifs is 4. The van der Waals surface area contributed by atoms with Gasteiger partial charge in [-0.2, -0.15) is 0 Å². The van der Waals surface area contributed by atoms with E-state index in [9.17, 15) is 0 Å². The van der Waals surface area contributed by atoms with E-state index in [1.807, 2.05) is 36.4 Å². The lowest BCUT2D eigenvalue weighted by Crippen LogP contribution is -2.33. The number of hydrogen-bond acceptors (Lipinski definition) is 4. The highest BCUT2D eigenvalue weighted by Gasteiger charge is 2.21. The summed E-state index contributed by atoms with van der Waals surface area (Å²) in [6.07, 6.45) is -0.285. The lowest BCUT2D eigenvalue weighted by atomic mass is 10.0. The molecule has 4 heteroatoms. The summed E-state index contributed by atoms with van der Waals surface area (Å²) in [7, 11) is 0. The Bertz CT molecular complexity index is 2110. The van der Waals surface area contributed by atoms with Gasteiger partial charge in [0.1, 0.15) is 23.2 Å². The van der Waals surface area contributed by atoms with Crippen molar-refractivity contribution >= 4 is 44.4 Å². The molecule has 0 spiro atoms. The molecule has 1 aliphatic rings. The first-order valence-electron chi connectivity index (χ1n) is 13.8. The van der Waals surface area contributed by atoms with Crippen LogP contribution >= 0.6 is 0 Å². The van der Waals surface area contributed by atoms with Crippen LogP contribution in [0.4, 0.5) is 0 Å². The SMILES string of the molecule is c1ccc(C2=NC(c3ccc4cc5oc6ccccc6c5cc4c3)NC(c3ccc(-c4ccccc4)cc3)=N2)cc1. The standard InChI is InChI=1S/C37H25N3O/c1-3-9-24(10-4-1)25-15-17-27(18-16-25)36-38-35(26-11-5-2-6-12-26)39-37(40-36)29-20-19-28-23-34-32(22-30(28)21-29)31-13-7-8-14-33(31)41-34/h1-23,37H,(H,38,39,40). The van der Waals surface area contributed by atoms with Gasteiger partial charge in [0.2, 0.25) is 0 Å². The molecule has 1 N–H and O–H groups in total. The third-order valence-electron chi connectivity index (χ3n) is 7.72. The first-order chi connectivity index (χ1) is 20.3. The van der Waals surface area contributed by atoms with Crippen LogP contribution in [0.15, 0.2) is 154 Å². The van der Waals surface area contributed by atoms with E-state index in [1.165, 1.54) is 11.1 Å². The molecule has 6 aromatic carbocycles. The Morgan fingerprint density at radius 1 is 0.512 bits per heavy atom. The third kappa shape index (κ3) is 4.26. The highest BCUT2D eigenvalue weighted by molar-refractivity contribution is 6.13. The van der Waals surface area contributed by atoms with Crippen molar-refractivity contribution in [3.63, 3.8) is 0 Å². The summed E-state index contributed by atoms with van der Waals surface area (Å²) in [5, 5.41) is 8.15. The predicted octanol–water partition coefficient (Wildman–Crippen LogP) is 8.90. The summed E-state index contributed by atoms with van der Waals surface area (Å²) in [5.41, 5.74) is 7.26. The summed E-state index contributed by atoms with van der Waals surface area (Å²) < 4.78 is 6.12. The van der Waals surface area contributed by atoms with E-state index in [0.717, 1.165) is 55.2 Å². The molecule has 41 heavy (non-hydrogen) atoms. The number of hydrogen-bond donors (Lipinski definition) is 1. The van der Waals surface area contributed by atoms with Crippen molar-refractivity contribution in [2.45, 2.75) is 6.17 Å². The molecule has 194 valence electrons. The van der Waals surface area contributed by atoms with E-state index >= 15 is 0 Å². The van der Waals surface area contributed by atoms with E-state index in [2.05, 4.69) is 108 Å². The van der Waals surface area contributed by atoms with Crippen LogP contribution in [0.5, 0.6) is 0 Å². The molecule has 0 radical (unpaired) electrons. The van der Waals surface area contributed by atoms with Crippen molar-refractivity contribution in [2.24, 2.45) is 9.98 Å². The highest BCUT2D eigenvalue weighted by Crippen LogP contribution is 2.33. The second kappa shape index (κ2) is 9.61. The molecule has 0 saturated carbocycles. The first-order valence-corrected chi connectivity index (χ1v) is 13.8. The van der Waals surface area contributed by atoms with Crippen molar-refractivity contribution in [3.05, 3.63) is 156 Å². The summed E-state index contributed by atoms with van der Waals surface area (Å²) in [6.45, 7) is 0. The molecule has 1 atom stereocenters. The van der Waals surface area contributed by atoms with Gasteiger partial charge >= 0.3 is 0 Å². The monoisotopic (exact) mass is 527 g/mol. The summed E-state index contributed by atoms with van der Waals surface area (Å²) in [4.78, 5) is 10.0. The highest BCUT2D eigenvalue weighted by atomic mass is 16.3. The first kappa shape index (κ1) is 23.4. The second-order valence-corrected chi connectivity index (χ2v) is 10.3. The minimum atomic E-state index is -0.285. The molecular formula is C37H25N3O. The fourth-order valence-corrected chi connectivity index (χ4v) is 5.59. The van der Waals surface area contributed by atoms with E-state index in [-0.39, 0.29) is 6.17 Å². The molecule has 2 heterocycles. The number of para-hydroxylation sites is 1. The van der Waals surface area contributed by atoms with Crippen molar-refractivity contribution in [1.82, 2.24) is 5.32 Å². The van der Waals surface area contributed by atoms with E-state index in [1.54, 1.807) is 0 Å². The third-order valence-corrected chi connectivity index (χ3v) is 7.72. The Morgan fingerprint density at radius 3 is 2.00 bits per heavy atom. The maximum absolute atomic E-state index is 6.12. The molecule has 0 saturated heterocycles. The van der Waals surface area contributed by atoms with Gasteiger partial charge in [-0.1, -0.05) is 115 Å². The molecule has 1 aliphatic heterocycles. The Labute approximate surface area is 237 Å². The van der Waals surface area contributed by atoms with Crippen molar-refractivity contribution in [1.29, 1.82) is 0 Å². The van der Waals surface area contributed by atoms with Gasteiger partial charge in [-0.3, -0.25) is 0 Å². The fourth-order valence-electron chi connectivity index (χ4n) is 5.59. The van der Waals surface area contributed by atoms with E-state index in [4.69, 9.17) is 14.4 Å². The maximum atomic E-state index is 6.12. The zero-order chi connectivity index (χ0) is 27.2. The summed E-state index contributed by atoms with van der Waals surface area (Å²) in [6, 6.07) is 48.2. The van der Waals surface area contributed by atoms with Gasteiger partial charge in [0.25, 0.3) is 0 Å². The Morgan fingerprint density at radius 2 is 1.20 bits per heavy atom. The zero-order valence-corrected chi connectivity index (χ0v) is 22.2. The minimum absolute atomic E-state index is 0.285. The number of furan rings is 1. The van der Waals surface area contributed by atoms with Crippen LogP contribution in [0, 0.1) is 0 Å². The molecule has 0 fully saturated rings. The lowest BCUT2D eigenvalue weighted by Gasteiger charge is -2.24. The normalized spacial score (nSPS) is 15.1. The average Bonchev–Trinajstić information content (AvgIpc) is 3.41. The summed E-state index contributed by atoms with van der Waals surface area (Å²) >= 11 is 0. The quantitative estimate of drug-likeness (QED) is 0.248. The van der Waals surface area contributed by atoms with Crippen molar-refractivity contribution in [3.8, 4) is 11.1 Å². The van der Waals surface area contributed by atoms with Crippen LogP contribution in [-0.4, -0.2) is 11.7 Å². The van der Waals surface area contributed by atoms with Gasteiger partial charge in [0, 0.05) is 21.9 Å². The van der Waals surface area contributed by atoms with Crippen LogP contribution in [0.2, 0.25) is 0 Å². The van der Waals surface area contributed by atoms with Gasteiger partial charge in [-0.25, -0.2) is 9.98 Å². The van der Waals surface area contributed by atoms with Gasteiger partial charge in [0.05, 0.1) is 0 Å². The molecule has 7 aromatic rings. The number of nitrogens with zero attached hydrogens (tertiary/aromatic N) is 2. The van der Waals surface area contributed by atoms with Crippen LogP contribution < -0.4 is 5.32 Å². The Balaban J connectivity index is 1.20. The molecule has 1 aromatic heterocycles. The van der Waals surface area contributed by atoms with Crippen LogP contribution in [0.3, 0.4) is 0 Å². The maximum Gasteiger partial charge on any atom is 0.159 e. The van der Waals surface area contributed by atoms with Crippen LogP contribution in [-0.2, 0) is 0 Å². The molecule has 0 aliphatic carbocycles. The molecule has 0 bridgehead atoms. The molecule has 8 rings (SSSR count). The summed E-state index contributed by atoms with van der Waals surface area (Å²) in [5.74, 6) is 1.52. The molecule has 0 amide bonds. The number of benzene rings is 6. The molecular weight excluding hydrogens is 502 g/mol. The number of aliphatic imine (C=N–C) groups is 2. The lowest BCUT2D eigenvalue weighted by molar-refractivity contribution is 0.669. The number of nitrogens with one attached hydrogen (secondary N) is 1. The van der Waals surface area contributed by atoms with Gasteiger partial charge in [0.15, 0.2) is 5.84 Å². The second-order valence-electron chi connectivity index (χ2n) is 10.3. The Kier molecular flexibility index (Phi) is 5.49. The largest absolute Gasteiger partial charge is 0.456 e. The average molecular weight is 528 g/mol. The smallest absolute Gasteiger partial charge is 0.159 e. The van der Waals surface area contributed by atoms with Crippen molar-refractivity contribution in [2.75, 3.05) is 0 Å². The van der Waals surface area contributed by atoms with Gasteiger partial charge in [-0.15, -0.1) is 0 Å².